The first kappa shape index (κ1) is 19.5. The molecule has 1 aromatic heterocycles. The molecule has 0 bridgehead atoms. The molecule has 7 nitrogen and oxygen atoms in total. The number of aromatic nitrogens is 2. The van der Waals surface area contributed by atoms with Crippen molar-refractivity contribution in [2.45, 2.75) is 57.0 Å². The van der Waals surface area contributed by atoms with Gasteiger partial charge in [-0.25, -0.2) is 0 Å². The third-order valence-electron chi connectivity index (χ3n) is 4.65. The number of hydrogen-bond donors (Lipinski definition) is 0. The molecular formula is C19H25N3O4S. The first-order chi connectivity index (χ1) is 13.1. The Morgan fingerprint density at radius 3 is 2.74 bits per heavy atom. The van der Waals surface area contributed by atoms with Crippen LogP contribution in [0.3, 0.4) is 0 Å². The molecule has 0 spiro atoms. The molecule has 2 atom stereocenters. The van der Waals surface area contributed by atoms with E-state index in [1.54, 1.807) is 13.2 Å². The van der Waals surface area contributed by atoms with E-state index in [4.69, 9.17) is 13.9 Å². The van der Waals surface area contributed by atoms with Gasteiger partial charge in [0.15, 0.2) is 6.61 Å². The Bertz CT molecular complexity index is 757. The standard InChI is InChI=1S/C19H25N3O4S/c1-13-6-4-7-14(2)22(13)18(23)12-27-19-21-20-17(26-19)11-25-16-9-5-8-15(10-16)24-3/h5,8-10,13-14H,4,6-7,11-12H2,1-3H3. The zero-order valence-corrected chi connectivity index (χ0v) is 16.7. The van der Waals surface area contributed by atoms with Gasteiger partial charge in [0.2, 0.25) is 5.91 Å². The Morgan fingerprint density at radius 1 is 1.26 bits per heavy atom. The van der Waals surface area contributed by atoms with Crippen LogP contribution in [-0.2, 0) is 11.4 Å². The molecule has 1 saturated heterocycles. The van der Waals surface area contributed by atoms with Crippen molar-refractivity contribution in [2.24, 2.45) is 0 Å². The number of hydrogen-bond acceptors (Lipinski definition) is 7. The molecule has 0 radical (unpaired) electrons. The fourth-order valence-electron chi connectivity index (χ4n) is 3.30. The van der Waals surface area contributed by atoms with Crippen molar-refractivity contribution in [3.63, 3.8) is 0 Å². The molecule has 146 valence electrons. The van der Waals surface area contributed by atoms with Crippen LogP contribution in [0.4, 0.5) is 0 Å². The maximum Gasteiger partial charge on any atom is 0.277 e. The molecule has 2 aromatic rings. The Balaban J connectivity index is 1.49. The van der Waals surface area contributed by atoms with Gasteiger partial charge in [-0.05, 0) is 45.2 Å². The van der Waals surface area contributed by atoms with Crippen LogP contribution in [0.5, 0.6) is 11.5 Å². The second-order valence-electron chi connectivity index (χ2n) is 6.65. The second-order valence-corrected chi connectivity index (χ2v) is 7.57. The maximum absolute atomic E-state index is 12.5. The normalized spacial score (nSPS) is 19.7. The highest BCUT2D eigenvalue weighted by atomic mass is 32.2. The van der Waals surface area contributed by atoms with Gasteiger partial charge in [-0.2, -0.15) is 0 Å². The molecule has 0 aliphatic carbocycles. The number of thioether (sulfide) groups is 1. The van der Waals surface area contributed by atoms with Crippen LogP contribution in [0.1, 0.15) is 39.0 Å². The number of amides is 1. The second kappa shape index (κ2) is 9.12. The lowest BCUT2D eigenvalue weighted by Crippen LogP contribution is -2.48. The van der Waals surface area contributed by atoms with Crippen LogP contribution in [-0.4, -0.2) is 46.0 Å². The summed E-state index contributed by atoms with van der Waals surface area (Å²) >= 11 is 1.27. The zero-order valence-electron chi connectivity index (χ0n) is 15.9. The van der Waals surface area contributed by atoms with Gasteiger partial charge in [0, 0.05) is 18.2 Å². The molecule has 27 heavy (non-hydrogen) atoms. The van der Waals surface area contributed by atoms with E-state index in [1.807, 2.05) is 23.1 Å². The van der Waals surface area contributed by atoms with Crippen molar-refractivity contribution in [3.8, 4) is 11.5 Å². The van der Waals surface area contributed by atoms with Gasteiger partial charge in [0.25, 0.3) is 11.1 Å². The van der Waals surface area contributed by atoms with Crippen molar-refractivity contribution in [1.82, 2.24) is 15.1 Å². The highest BCUT2D eigenvalue weighted by Crippen LogP contribution is 2.25. The molecule has 1 aliphatic heterocycles. The average Bonchev–Trinajstić information content (AvgIpc) is 3.13. The molecule has 8 heteroatoms. The van der Waals surface area contributed by atoms with Gasteiger partial charge in [-0.1, -0.05) is 17.8 Å². The molecule has 2 heterocycles. The third kappa shape index (κ3) is 5.15. The summed E-state index contributed by atoms with van der Waals surface area (Å²) in [6.45, 7) is 4.38. The number of likely N-dealkylation sites (tertiary alicyclic amines) is 1. The molecule has 1 aromatic carbocycles. The molecule has 3 rings (SSSR count). The fourth-order valence-corrected chi connectivity index (χ4v) is 3.95. The van der Waals surface area contributed by atoms with Crippen LogP contribution in [0, 0.1) is 0 Å². The summed E-state index contributed by atoms with van der Waals surface area (Å²) in [5.41, 5.74) is 0. The molecule has 1 fully saturated rings. The number of methoxy groups -OCH3 is 1. The van der Waals surface area contributed by atoms with E-state index in [9.17, 15) is 4.79 Å². The Morgan fingerprint density at radius 2 is 2.00 bits per heavy atom. The lowest BCUT2D eigenvalue weighted by atomic mass is 9.98. The molecule has 0 N–H and O–H groups in total. The fraction of sp³-hybridized carbons (Fsp3) is 0.526. The van der Waals surface area contributed by atoms with Crippen LogP contribution < -0.4 is 9.47 Å². The van der Waals surface area contributed by atoms with E-state index < -0.39 is 0 Å². The number of carbonyl (C=O) groups excluding carboxylic acids is 1. The van der Waals surface area contributed by atoms with Crippen LogP contribution in [0.25, 0.3) is 0 Å². The Kier molecular flexibility index (Phi) is 6.60. The third-order valence-corrected chi connectivity index (χ3v) is 5.46. The van der Waals surface area contributed by atoms with Crippen LogP contribution >= 0.6 is 11.8 Å². The number of ether oxygens (including phenoxy) is 2. The summed E-state index contributed by atoms with van der Waals surface area (Å²) in [4.78, 5) is 14.5. The van der Waals surface area contributed by atoms with Crippen molar-refractivity contribution in [1.29, 1.82) is 0 Å². The van der Waals surface area contributed by atoms with Crippen molar-refractivity contribution in [3.05, 3.63) is 30.2 Å². The maximum atomic E-state index is 12.5. The summed E-state index contributed by atoms with van der Waals surface area (Å²) in [7, 11) is 1.60. The van der Waals surface area contributed by atoms with Crippen molar-refractivity contribution in [2.75, 3.05) is 12.9 Å². The molecule has 1 aliphatic rings. The summed E-state index contributed by atoms with van der Waals surface area (Å²) in [5, 5.41) is 8.34. The number of rotatable bonds is 7. The van der Waals surface area contributed by atoms with Crippen molar-refractivity contribution >= 4 is 17.7 Å². The SMILES string of the molecule is COc1cccc(OCc2nnc(SCC(=O)N3C(C)CCCC3C)o2)c1. The first-order valence-electron chi connectivity index (χ1n) is 9.10. The minimum absolute atomic E-state index is 0.118. The van der Waals surface area contributed by atoms with E-state index in [-0.39, 0.29) is 24.6 Å². The Hall–Kier alpha value is -2.22. The minimum atomic E-state index is 0.118. The summed E-state index contributed by atoms with van der Waals surface area (Å²) < 4.78 is 16.4. The molecule has 2 unspecified atom stereocenters. The number of piperidine rings is 1. The summed E-state index contributed by atoms with van der Waals surface area (Å²) in [6.07, 6.45) is 3.31. The van der Waals surface area contributed by atoms with Crippen molar-refractivity contribution < 1.29 is 18.7 Å². The van der Waals surface area contributed by atoms with Crippen LogP contribution in [0.15, 0.2) is 33.9 Å². The van der Waals surface area contributed by atoms with Gasteiger partial charge in [0.05, 0.1) is 12.9 Å². The van der Waals surface area contributed by atoms with E-state index in [0.29, 0.717) is 28.4 Å². The predicted octanol–water partition coefficient (Wildman–Crippen LogP) is 3.54. The van der Waals surface area contributed by atoms with Gasteiger partial charge in [-0.15, -0.1) is 10.2 Å². The summed E-state index contributed by atoms with van der Waals surface area (Å²) in [6, 6.07) is 7.87. The Labute approximate surface area is 163 Å². The minimum Gasteiger partial charge on any atom is -0.497 e. The van der Waals surface area contributed by atoms with Gasteiger partial charge < -0.3 is 18.8 Å². The first-order valence-corrected chi connectivity index (χ1v) is 10.1. The molecule has 1 amide bonds. The number of benzene rings is 1. The molecule has 0 saturated carbocycles. The predicted molar refractivity (Wildman–Crippen MR) is 102 cm³/mol. The van der Waals surface area contributed by atoms with Gasteiger partial charge >= 0.3 is 0 Å². The van der Waals surface area contributed by atoms with E-state index in [2.05, 4.69) is 24.0 Å². The van der Waals surface area contributed by atoms with E-state index >= 15 is 0 Å². The topological polar surface area (TPSA) is 77.7 Å². The summed E-state index contributed by atoms with van der Waals surface area (Å²) in [5.74, 6) is 2.16. The lowest BCUT2D eigenvalue weighted by molar-refractivity contribution is -0.134. The molecular weight excluding hydrogens is 366 g/mol. The average molecular weight is 391 g/mol. The smallest absolute Gasteiger partial charge is 0.277 e. The monoisotopic (exact) mass is 391 g/mol. The van der Waals surface area contributed by atoms with Gasteiger partial charge in [0.1, 0.15) is 11.5 Å². The van der Waals surface area contributed by atoms with E-state index in [1.165, 1.54) is 18.2 Å². The highest BCUT2D eigenvalue weighted by molar-refractivity contribution is 7.99. The van der Waals surface area contributed by atoms with Gasteiger partial charge in [-0.3, -0.25) is 4.79 Å². The van der Waals surface area contributed by atoms with Crippen LogP contribution in [0.2, 0.25) is 0 Å². The lowest BCUT2D eigenvalue weighted by Gasteiger charge is -2.39. The number of nitrogens with zero attached hydrogens (tertiary/aromatic N) is 3. The largest absolute Gasteiger partial charge is 0.497 e. The zero-order chi connectivity index (χ0) is 19.2. The quantitative estimate of drug-likeness (QED) is 0.668. The van der Waals surface area contributed by atoms with E-state index in [0.717, 1.165) is 12.8 Å². The number of carbonyl (C=O) groups is 1. The highest BCUT2D eigenvalue weighted by Gasteiger charge is 2.29.